The van der Waals surface area contributed by atoms with Gasteiger partial charge < -0.3 is 10.5 Å². The standard InChI is InChI=1S/C12H13N3O/c1-8-5-9(16-2)3-4-10(8)12-11(13)6-14-7-15-12/h3-7H,13H2,1-2H3. The second-order valence-electron chi connectivity index (χ2n) is 3.51. The van der Waals surface area contributed by atoms with Crippen LogP contribution in [0.2, 0.25) is 0 Å². The van der Waals surface area contributed by atoms with E-state index in [1.165, 1.54) is 6.33 Å². The monoisotopic (exact) mass is 215 g/mol. The first-order valence-corrected chi connectivity index (χ1v) is 4.93. The molecule has 0 aliphatic rings. The summed E-state index contributed by atoms with van der Waals surface area (Å²) in [6, 6.07) is 5.80. The number of rotatable bonds is 2. The lowest BCUT2D eigenvalue weighted by Crippen LogP contribution is -1.96. The van der Waals surface area contributed by atoms with Gasteiger partial charge in [0.05, 0.1) is 24.7 Å². The van der Waals surface area contributed by atoms with Gasteiger partial charge in [0.2, 0.25) is 0 Å². The Hall–Kier alpha value is -2.10. The molecule has 0 aliphatic carbocycles. The Bertz CT molecular complexity index is 511. The molecule has 0 spiro atoms. The van der Waals surface area contributed by atoms with Gasteiger partial charge >= 0.3 is 0 Å². The number of hydrogen-bond donors (Lipinski definition) is 1. The molecule has 0 saturated heterocycles. The van der Waals surface area contributed by atoms with Crippen LogP contribution >= 0.6 is 0 Å². The number of aromatic nitrogens is 2. The summed E-state index contributed by atoms with van der Waals surface area (Å²) in [5, 5.41) is 0. The van der Waals surface area contributed by atoms with E-state index in [1.807, 2.05) is 25.1 Å². The Balaban J connectivity index is 2.53. The van der Waals surface area contributed by atoms with E-state index in [4.69, 9.17) is 10.5 Å². The molecule has 2 rings (SSSR count). The highest BCUT2D eigenvalue weighted by molar-refractivity contribution is 5.74. The summed E-state index contributed by atoms with van der Waals surface area (Å²) in [7, 11) is 1.65. The zero-order valence-corrected chi connectivity index (χ0v) is 9.27. The van der Waals surface area contributed by atoms with E-state index in [2.05, 4.69) is 9.97 Å². The molecule has 82 valence electrons. The molecular formula is C12H13N3O. The average molecular weight is 215 g/mol. The van der Waals surface area contributed by atoms with Crippen LogP contribution in [0, 0.1) is 6.92 Å². The molecule has 1 aromatic carbocycles. The van der Waals surface area contributed by atoms with Crippen molar-refractivity contribution in [3.63, 3.8) is 0 Å². The maximum atomic E-state index is 5.84. The lowest BCUT2D eigenvalue weighted by molar-refractivity contribution is 0.414. The Morgan fingerprint density at radius 1 is 1.31 bits per heavy atom. The maximum absolute atomic E-state index is 5.84. The predicted molar refractivity (Wildman–Crippen MR) is 63.2 cm³/mol. The SMILES string of the molecule is COc1ccc(-c2ncncc2N)c(C)c1. The number of aryl methyl sites for hydroxylation is 1. The van der Waals surface area contributed by atoms with Gasteiger partial charge in [0, 0.05) is 5.56 Å². The Labute approximate surface area is 94.1 Å². The Morgan fingerprint density at radius 2 is 2.12 bits per heavy atom. The van der Waals surface area contributed by atoms with E-state index in [0.29, 0.717) is 5.69 Å². The normalized spacial score (nSPS) is 10.1. The summed E-state index contributed by atoms with van der Waals surface area (Å²) in [5.41, 5.74) is 9.25. The quantitative estimate of drug-likeness (QED) is 0.832. The molecule has 4 heteroatoms. The number of hydrogen-bond acceptors (Lipinski definition) is 4. The second-order valence-corrected chi connectivity index (χ2v) is 3.51. The topological polar surface area (TPSA) is 61.0 Å². The minimum absolute atomic E-state index is 0.579. The number of anilines is 1. The van der Waals surface area contributed by atoms with Crippen LogP contribution < -0.4 is 10.5 Å². The van der Waals surface area contributed by atoms with Crippen LogP contribution in [0.25, 0.3) is 11.3 Å². The van der Waals surface area contributed by atoms with E-state index in [1.54, 1.807) is 13.3 Å². The van der Waals surface area contributed by atoms with Crippen LogP contribution in [-0.2, 0) is 0 Å². The molecule has 0 saturated carbocycles. The molecule has 2 N–H and O–H groups in total. The minimum atomic E-state index is 0.579. The van der Waals surface area contributed by atoms with Crippen LogP contribution in [0.15, 0.2) is 30.7 Å². The van der Waals surface area contributed by atoms with E-state index >= 15 is 0 Å². The summed E-state index contributed by atoms with van der Waals surface area (Å²) in [5.74, 6) is 0.828. The first kappa shape index (κ1) is 10.4. The molecule has 0 amide bonds. The summed E-state index contributed by atoms with van der Waals surface area (Å²) >= 11 is 0. The fourth-order valence-corrected chi connectivity index (χ4v) is 1.59. The van der Waals surface area contributed by atoms with Gasteiger partial charge in [-0.2, -0.15) is 0 Å². The van der Waals surface area contributed by atoms with Gasteiger partial charge in [0.15, 0.2) is 0 Å². The van der Waals surface area contributed by atoms with Crippen molar-refractivity contribution in [1.82, 2.24) is 9.97 Å². The molecule has 0 fully saturated rings. The molecule has 1 heterocycles. The van der Waals surface area contributed by atoms with Gasteiger partial charge in [-0.1, -0.05) is 0 Å². The van der Waals surface area contributed by atoms with Crippen molar-refractivity contribution < 1.29 is 4.74 Å². The van der Waals surface area contributed by atoms with Crippen LogP contribution in [0.3, 0.4) is 0 Å². The molecule has 0 radical (unpaired) electrons. The third kappa shape index (κ3) is 1.82. The van der Waals surface area contributed by atoms with Gasteiger partial charge in [-0.25, -0.2) is 9.97 Å². The smallest absolute Gasteiger partial charge is 0.119 e. The fourth-order valence-electron chi connectivity index (χ4n) is 1.59. The van der Waals surface area contributed by atoms with Gasteiger partial charge in [-0.05, 0) is 30.7 Å². The third-order valence-corrected chi connectivity index (χ3v) is 2.43. The summed E-state index contributed by atoms with van der Waals surface area (Å²) < 4.78 is 5.15. The first-order chi connectivity index (χ1) is 7.72. The predicted octanol–water partition coefficient (Wildman–Crippen LogP) is 2.04. The molecule has 4 nitrogen and oxygen atoms in total. The van der Waals surface area contributed by atoms with Crippen LogP contribution in [0.1, 0.15) is 5.56 Å². The minimum Gasteiger partial charge on any atom is -0.497 e. The van der Waals surface area contributed by atoms with Crippen LogP contribution in [-0.4, -0.2) is 17.1 Å². The summed E-state index contributed by atoms with van der Waals surface area (Å²) in [6.45, 7) is 2.00. The Kier molecular flexibility index (Phi) is 2.72. The van der Waals surface area contributed by atoms with Gasteiger partial charge in [0.1, 0.15) is 12.1 Å². The van der Waals surface area contributed by atoms with Crippen molar-refractivity contribution in [2.24, 2.45) is 0 Å². The van der Waals surface area contributed by atoms with Crippen molar-refractivity contribution in [3.8, 4) is 17.0 Å². The van der Waals surface area contributed by atoms with Crippen molar-refractivity contribution in [1.29, 1.82) is 0 Å². The number of nitrogens with zero attached hydrogens (tertiary/aromatic N) is 2. The van der Waals surface area contributed by atoms with Crippen molar-refractivity contribution >= 4 is 5.69 Å². The third-order valence-electron chi connectivity index (χ3n) is 2.43. The maximum Gasteiger partial charge on any atom is 0.119 e. The molecule has 2 aromatic rings. The lowest BCUT2D eigenvalue weighted by Gasteiger charge is -2.08. The van der Waals surface area contributed by atoms with E-state index in [-0.39, 0.29) is 0 Å². The number of methoxy groups -OCH3 is 1. The summed E-state index contributed by atoms with van der Waals surface area (Å²) in [4.78, 5) is 8.06. The summed E-state index contributed by atoms with van der Waals surface area (Å²) in [6.07, 6.45) is 3.10. The molecule has 0 bridgehead atoms. The van der Waals surface area contributed by atoms with Crippen molar-refractivity contribution in [3.05, 3.63) is 36.3 Å². The van der Waals surface area contributed by atoms with Gasteiger partial charge in [-0.15, -0.1) is 0 Å². The number of nitrogen functional groups attached to an aromatic ring is 1. The zero-order valence-electron chi connectivity index (χ0n) is 9.27. The molecule has 16 heavy (non-hydrogen) atoms. The second kappa shape index (κ2) is 4.18. The highest BCUT2D eigenvalue weighted by Gasteiger charge is 2.07. The van der Waals surface area contributed by atoms with Crippen molar-refractivity contribution in [2.45, 2.75) is 6.92 Å². The fraction of sp³-hybridized carbons (Fsp3) is 0.167. The van der Waals surface area contributed by atoms with Crippen molar-refractivity contribution in [2.75, 3.05) is 12.8 Å². The molecule has 1 aromatic heterocycles. The molecule has 0 atom stereocenters. The molecule has 0 unspecified atom stereocenters. The number of ether oxygens (including phenoxy) is 1. The molecular weight excluding hydrogens is 202 g/mol. The Morgan fingerprint density at radius 3 is 2.75 bits per heavy atom. The van der Waals surface area contributed by atoms with Crippen LogP contribution in [0.5, 0.6) is 5.75 Å². The number of benzene rings is 1. The van der Waals surface area contributed by atoms with Gasteiger partial charge in [0.25, 0.3) is 0 Å². The highest BCUT2D eigenvalue weighted by atomic mass is 16.5. The first-order valence-electron chi connectivity index (χ1n) is 4.93. The van der Waals surface area contributed by atoms with Gasteiger partial charge in [-0.3, -0.25) is 0 Å². The lowest BCUT2D eigenvalue weighted by atomic mass is 10.0. The van der Waals surface area contributed by atoms with E-state index in [9.17, 15) is 0 Å². The number of nitrogens with two attached hydrogens (primary N) is 1. The zero-order chi connectivity index (χ0) is 11.5. The largest absolute Gasteiger partial charge is 0.497 e. The molecule has 0 aliphatic heterocycles. The van der Waals surface area contributed by atoms with Crippen LogP contribution in [0.4, 0.5) is 5.69 Å². The highest BCUT2D eigenvalue weighted by Crippen LogP contribution is 2.28. The average Bonchev–Trinajstić information content (AvgIpc) is 2.30. The van der Waals surface area contributed by atoms with E-state index in [0.717, 1.165) is 22.6 Å². The van der Waals surface area contributed by atoms with E-state index < -0.39 is 0 Å².